The van der Waals surface area contributed by atoms with Crippen molar-refractivity contribution in [3.05, 3.63) is 47.9 Å². The minimum absolute atomic E-state index is 0.161. The molecular formula is C31H49NO4. The lowest BCUT2D eigenvalue weighted by atomic mass is 10.0. The molecule has 0 spiro atoms. The summed E-state index contributed by atoms with van der Waals surface area (Å²) in [5, 5.41) is 2.96. The van der Waals surface area contributed by atoms with Gasteiger partial charge in [0.1, 0.15) is 23.9 Å². The maximum absolute atomic E-state index is 12.3. The highest BCUT2D eigenvalue weighted by molar-refractivity contribution is 5.91. The second-order valence-electron chi connectivity index (χ2n) is 9.79. The molecule has 0 unspecified atom stereocenters. The largest absolute Gasteiger partial charge is 0.497 e. The molecule has 0 aliphatic carbocycles. The minimum Gasteiger partial charge on any atom is -0.497 e. The summed E-state index contributed by atoms with van der Waals surface area (Å²) in [5.74, 6) is 2.30. The van der Waals surface area contributed by atoms with Crippen molar-refractivity contribution >= 4 is 5.91 Å². The molecule has 0 aliphatic heterocycles. The molecule has 1 aromatic heterocycles. The lowest BCUT2D eigenvalue weighted by Gasteiger charge is -2.06. The van der Waals surface area contributed by atoms with E-state index in [1.165, 1.54) is 89.9 Å². The van der Waals surface area contributed by atoms with E-state index in [9.17, 15) is 4.79 Å². The second-order valence-corrected chi connectivity index (χ2v) is 9.79. The average Bonchev–Trinajstić information content (AvgIpc) is 3.39. The van der Waals surface area contributed by atoms with Gasteiger partial charge in [0, 0.05) is 6.54 Å². The van der Waals surface area contributed by atoms with Gasteiger partial charge in [-0.15, -0.1) is 0 Å². The van der Waals surface area contributed by atoms with Crippen LogP contribution in [-0.4, -0.2) is 19.6 Å². The summed E-state index contributed by atoms with van der Waals surface area (Å²) < 4.78 is 16.5. The number of rotatable bonds is 22. The highest BCUT2D eigenvalue weighted by Crippen LogP contribution is 2.19. The molecule has 0 saturated carbocycles. The number of carbonyl (C=O) groups is 1. The van der Waals surface area contributed by atoms with E-state index < -0.39 is 0 Å². The molecule has 5 nitrogen and oxygen atoms in total. The third kappa shape index (κ3) is 13.6. The predicted molar refractivity (Wildman–Crippen MR) is 148 cm³/mol. The van der Waals surface area contributed by atoms with Crippen LogP contribution in [0.5, 0.6) is 11.5 Å². The Balaban J connectivity index is 1.40. The Hall–Kier alpha value is -2.43. The number of nitrogens with one attached hydrogen (secondary N) is 1. The van der Waals surface area contributed by atoms with E-state index in [1.54, 1.807) is 19.2 Å². The van der Waals surface area contributed by atoms with Crippen molar-refractivity contribution in [3.8, 4) is 11.5 Å². The normalized spacial score (nSPS) is 10.9. The molecular weight excluding hydrogens is 450 g/mol. The Bertz CT molecular complexity index is 799. The Morgan fingerprint density at radius 2 is 1.19 bits per heavy atom. The Kier molecular flexibility index (Phi) is 16.3. The molecule has 1 amide bonds. The molecule has 0 atom stereocenters. The summed E-state index contributed by atoms with van der Waals surface area (Å²) in [6, 6.07) is 10.9. The molecule has 2 aromatic rings. The quantitative estimate of drug-likeness (QED) is 0.164. The van der Waals surface area contributed by atoms with Crippen LogP contribution in [0.4, 0.5) is 0 Å². The molecule has 2 rings (SSSR count). The van der Waals surface area contributed by atoms with Gasteiger partial charge in [0.25, 0.3) is 5.91 Å². The van der Waals surface area contributed by atoms with E-state index in [0.717, 1.165) is 24.3 Å². The van der Waals surface area contributed by atoms with E-state index >= 15 is 0 Å². The first-order valence-corrected chi connectivity index (χ1v) is 14.4. The van der Waals surface area contributed by atoms with Crippen LogP contribution in [0.2, 0.25) is 0 Å². The molecule has 1 aromatic carbocycles. The van der Waals surface area contributed by atoms with Crippen molar-refractivity contribution in [2.24, 2.45) is 0 Å². The van der Waals surface area contributed by atoms with Crippen LogP contribution >= 0.6 is 0 Å². The lowest BCUT2D eigenvalue weighted by molar-refractivity contribution is 0.0921. The summed E-state index contributed by atoms with van der Waals surface area (Å²) in [6.07, 6.45) is 21.6. The van der Waals surface area contributed by atoms with E-state index in [1.807, 2.05) is 24.3 Å². The number of furan rings is 1. The number of unbranched alkanes of at least 4 members (excludes halogenated alkanes) is 15. The monoisotopic (exact) mass is 499 g/mol. The maximum atomic E-state index is 12.3. The van der Waals surface area contributed by atoms with Crippen LogP contribution in [0.1, 0.15) is 126 Å². The molecule has 0 fully saturated rings. The average molecular weight is 500 g/mol. The highest BCUT2D eigenvalue weighted by atomic mass is 16.5. The zero-order valence-corrected chi connectivity index (χ0v) is 22.8. The molecule has 202 valence electrons. The van der Waals surface area contributed by atoms with Gasteiger partial charge in [-0.3, -0.25) is 4.79 Å². The first-order valence-electron chi connectivity index (χ1n) is 14.4. The number of methoxy groups -OCH3 is 1. The SMILES string of the molecule is CCCCCCCCCCCCCCCCCCNC(=O)c1ccc(COc2ccc(OC)cc2)o1. The van der Waals surface area contributed by atoms with E-state index in [0.29, 0.717) is 18.1 Å². The van der Waals surface area contributed by atoms with Crippen LogP contribution in [0.3, 0.4) is 0 Å². The number of ether oxygens (including phenoxy) is 2. The summed E-state index contributed by atoms with van der Waals surface area (Å²) in [7, 11) is 1.63. The smallest absolute Gasteiger partial charge is 0.286 e. The zero-order chi connectivity index (χ0) is 25.7. The summed E-state index contributed by atoms with van der Waals surface area (Å²) in [5.41, 5.74) is 0. The molecule has 0 saturated heterocycles. The molecule has 0 aliphatic rings. The van der Waals surface area contributed by atoms with Gasteiger partial charge in [0.2, 0.25) is 0 Å². The van der Waals surface area contributed by atoms with Crippen LogP contribution in [-0.2, 0) is 6.61 Å². The Labute approximate surface area is 219 Å². The first kappa shape index (κ1) is 29.8. The van der Waals surface area contributed by atoms with Crippen LogP contribution in [0.15, 0.2) is 40.8 Å². The lowest BCUT2D eigenvalue weighted by Crippen LogP contribution is -2.23. The molecule has 1 N–H and O–H groups in total. The fourth-order valence-corrected chi connectivity index (χ4v) is 4.37. The van der Waals surface area contributed by atoms with Gasteiger partial charge in [0.05, 0.1) is 7.11 Å². The Morgan fingerprint density at radius 3 is 1.72 bits per heavy atom. The van der Waals surface area contributed by atoms with Crippen molar-refractivity contribution in [3.63, 3.8) is 0 Å². The highest BCUT2D eigenvalue weighted by Gasteiger charge is 2.11. The van der Waals surface area contributed by atoms with Gasteiger partial charge < -0.3 is 19.2 Å². The first-order chi connectivity index (χ1) is 17.7. The molecule has 5 heteroatoms. The number of carbonyl (C=O) groups excluding carboxylic acids is 1. The third-order valence-corrected chi connectivity index (χ3v) is 6.64. The predicted octanol–water partition coefficient (Wildman–Crippen LogP) is 8.86. The van der Waals surface area contributed by atoms with Gasteiger partial charge in [-0.2, -0.15) is 0 Å². The van der Waals surface area contributed by atoms with Crippen molar-refractivity contribution in [2.45, 2.75) is 116 Å². The summed E-state index contributed by atoms with van der Waals surface area (Å²) >= 11 is 0. The van der Waals surface area contributed by atoms with Crippen molar-refractivity contribution in [1.82, 2.24) is 5.32 Å². The molecule has 0 bridgehead atoms. The number of hydrogen-bond acceptors (Lipinski definition) is 4. The van der Waals surface area contributed by atoms with Gasteiger partial charge in [-0.25, -0.2) is 0 Å². The minimum atomic E-state index is -0.161. The van der Waals surface area contributed by atoms with Crippen LogP contribution in [0.25, 0.3) is 0 Å². The Morgan fingerprint density at radius 1 is 0.694 bits per heavy atom. The summed E-state index contributed by atoms with van der Waals surface area (Å²) in [6.45, 7) is 3.25. The maximum Gasteiger partial charge on any atom is 0.286 e. The third-order valence-electron chi connectivity index (χ3n) is 6.64. The van der Waals surface area contributed by atoms with E-state index in [4.69, 9.17) is 13.9 Å². The number of benzene rings is 1. The molecule has 36 heavy (non-hydrogen) atoms. The second kappa shape index (κ2) is 19.7. The zero-order valence-electron chi connectivity index (χ0n) is 22.8. The van der Waals surface area contributed by atoms with Crippen LogP contribution in [0, 0.1) is 0 Å². The van der Waals surface area contributed by atoms with Crippen molar-refractivity contribution < 1.29 is 18.7 Å². The number of hydrogen-bond donors (Lipinski definition) is 1. The van der Waals surface area contributed by atoms with Crippen molar-refractivity contribution in [1.29, 1.82) is 0 Å². The molecule has 0 radical (unpaired) electrons. The van der Waals surface area contributed by atoms with Gasteiger partial charge in [-0.05, 0) is 42.8 Å². The molecule has 1 heterocycles. The van der Waals surface area contributed by atoms with E-state index in [-0.39, 0.29) is 12.5 Å². The van der Waals surface area contributed by atoms with Gasteiger partial charge >= 0.3 is 0 Å². The number of amides is 1. The fraction of sp³-hybridized carbons (Fsp3) is 0.645. The standard InChI is InChI=1S/C31H49NO4/c1-3-4-5-6-7-8-9-10-11-12-13-14-15-16-17-18-25-32-31(33)30-24-23-29(36-30)26-35-28-21-19-27(34-2)20-22-28/h19-24H,3-18,25-26H2,1-2H3,(H,32,33). The van der Waals surface area contributed by atoms with E-state index in [2.05, 4.69) is 12.2 Å². The fourth-order valence-electron chi connectivity index (χ4n) is 4.37. The summed E-state index contributed by atoms with van der Waals surface area (Å²) in [4.78, 5) is 12.3. The topological polar surface area (TPSA) is 60.7 Å². The van der Waals surface area contributed by atoms with Crippen molar-refractivity contribution in [2.75, 3.05) is 13.7 Å². The van der Waals surface area contributed by atoms with Gasteiger partial charge in [-0.1, -0.05) is 103 Å². The van der Waals surface area contributed by atoms with Crippen LogP contribution < -0.4 is 14.8 Å². The van der Waals surface area contributed by atoms with Gasteiger partial charge in [0.15, 0.2) is 5.76 Å².